The summed E-state index contributed by atoms with van der Waals surface area (Å²) in [6, 6.07) is -6.46. The van der Waals surface area contributed by atoms with Gasteiger partial charge in [0.15, 0.2) is 5.96 Å². The number of aliphatic hydroxyl groups is 1. The molecule has 1 fully saturated rings. The predicted octanol–water partition coefficient (Wildman–Crippen LogP) is -5.53. The number of guanidine groups is 1. The molecular weight excluding hydrogens is 584 g/mol. The highest BCUT2D eigenvalue weighted by Crippen LogP contribution is 2.05. The van der Waals surface area contributed by atoms with E-state index in [1.807, 2.05) is 0 Å². The van der Waals surface area contributed by atoms with E-state index in [-0.39, 0.29) is 25.3 Å². The Balaban J connectivity index is 2.61. The highest BCUT2D eigenvalue weighted by atomic mass is 16.4. The van der Waals surface area contributed by atoms with Crippen LogP contribution in [0.4, 0.5) is 0 Å². The first-order chi connectivity index (χ1) is 20.7. The second kappa shape index (κ2) is 18.9. The van der Waals surface area contributed by atoms with Gasteiger partial charge in [-0.25, -0.2) is 0 Å². The van der Waals surface area contributed by atoms with Crippen LogP contribution in [0, 0.1) is 0 Å². The lowest BCUT2D eigenvalue weighted by atomic mass is 10.1. The fourth-order valence-corrected chi connectivity index (χ4v) is 3.87. The van der Waals surface area contributed by atoms with E-state index in [0.717, 1.165) is 6.42 Å². The van der Waals surface area contributed by atoms with Gasteiger partial charge in [0.1, 0.15) is 30.2 Å². The standard InChI is InChI=1S/C25H44N10O9/c1-12(31-18(37)10-30-21(40)17(11-36)35-22(41)15-6-4-8-28-15)19(38)32-13(2)20(39)34-16(7-5-9-29-25(26)27)23(42)33-14(3)24(43)44/h12-17,28,36H,4-11H2,1-3H3,(H,30,40)(H,31,37)(H,32,38)(H,33,42)(H,34,39)(H,35,41)(H,43,44)(H4,26,27,29)/t12-,13-,14-,15-,16-,17-/m0/s1. The Kier molecular flexibility index (Phi) is 16.1. The minimum atomic E-state index is -1.28. The van der Waals surface area contributed by atoms with Crippen molar-refractivity contribution in [1.82, 2.24) is 37.2 Å². The van der Waals surface area contributed by atoms with Crippen molar-refractivity contribution in [2.24, 2.45) is 16.5 Å². The molecule has 0 aromatic heterocycles. The molecule has 19 nitrogen and oxygen atoms in total. The number of nitrogens with zero attached hydrogens (tertiary/aromatic N) is 1. The van der Waals surface area contributed by atoms with Crippen LogP contribution in [-0.2, 0) is 33.6 Å². The van der Waals surface area contributed by atoms with Crippen LogP contribution < -0.4 is 48.7 Å². The molecule has 0 aliphatic carbocycles. The molecule has 0 unspecified atom stereocenters. The van der Waals surface area contributed by atoms with Crippen molar-refractivity contribution < 1.29 is 43.8 Å². The molecule has 44 heavy (non-hydrogen) atoms. The Hall–Kier alpha value is -4.52. The van der Waals surface area contributed by atoms with Gasteiger partial charge in [0.2, 0.25) is 35.4 Å². The number of nitrogens with two attached hydrogens (primary N) is 2. The van der Waals surface area contributed by atoms with Gasteiger partial charge < -0.3 is 58.9 Å². The van der Waals surface area contributed by atoms with Crippen LogP contribution in [0.2, 0.25) is 0 Å². The number of hydrogen-bond acceptors (Lipinski definition) is 10. The Morgan fingerprint density at radius 3 is 2.02 bits per heavy atom. The first kappa shape index (κ1) is 37.5. The zero-order valence-corrected chi connectivity index (χ0v) is 25.0. The number of amides is 6. The lowest BCUT2D eigenvalue weighted by Crippen LogP contribution is -2.57. The summed E-state index contributed by atoms with van der Waals surface area (Å²) in [7, 11) is 0. The number of carbonyl (C=O) groups is 7. The smallest absolute Gasteiger partial charge is 0.325 e. The monoisotopic (exact) mass is 628 g/mol. The molecule has 6 atom stereocenters. The highest BCUT2D eigenvalue weighted by molar-refractivity contribution is 5.96. The maximum absolute atomic E-state index is 12.8. The zero-order chi connectivity index (χ0) is 33.4. The van der Waals surface area contributed by atoms with Crippen molar-refractivity contribution in [1.29, 1.82) is 0 Å². The van der Waals surface area contributed by atoms with Crippen molar-refractivity contribution >= 4 is 47.4 Å². The van der Waals surface area contributed by atoms with Crippen LogP contribution in [0.1, 0.15) is 46.5 Å². The number of carboxylic acid groups (broad SMARTS) is 1. The van der Waals surface area contributed by atoms with Gasteiger partial charge in [-0.15, -0.1) is 0 Å². The van der Waals surface area contributed by atoms with Crippen molar-refractivity contribution in [3.05, 3.63) is 0 Å². The van der Waals surface area contributed by atoms with Gasteiger partial charge in [-0.1, -0.05) is 0 Å². The number of aliphatic imine (C=N–C) groups is 1. The molecule has 0 radical (unpaired) electrons. The van der Waals surface area contributed by atoms with Crippen LogP contribution in [0.5, 0.6) is 0 Å². The number of aliphatic hydroxyl groups excluding tert-OH is 1. The van der Waals surface area contributed by atoms with Crippen molar-refractivity contribution in [3.63, 3.8) is 0 Å². The molecule has 1 rings (SSSR count). The van der Waals surface area contributed by atoms with Gasteiger partial charge >= 0.3 is 5.97 Å². The molecule has 1 aliphatic heterocycles. The number of carboxylic acids is 1. The first-order valence-corrected chi connectivity index (χ1v) is 14.1. The Labute approximate surface area is 254 Å². The molecule has 19 heteroatoms. The topological polar surface area (TPSA) is 309 Å². The average molecular weight is 629 g/mol. The number of aliphatic carboxylic acids is 1. The molecular formula is C25H44N10O9. The van der Waals surface area contributed by atoms with E-state index in [1.54, 1.807) is 0 Å². The number of rotatable bonds is 18. The van der Waals surface area contributed by atoms with Gasteiger partial charge in [0.25, 0.3) is 0 Å². The minimum Gasteiger partial charge on any atom is -0.480 e. The largest absolute Gasteiger partial charge is 0.480 e. The summed E-state index contributed by atoms with van der Waals surface area (Å²) in [6.07, 6.45) is 1.72. The summed E-state index contributed by atoms with van der Waals surface area (Å²) < 4.78 is 0. The lowest BCUT2D eigenvalue weighted by Gasteiger charge is -2.23. The van der Waals surface area contributed by atoms with Crippen molar-refractivity contribution in [2.45, 2.75) is 82.7 Å². The third kappa shape index (κ3) is 13.6. The van der Waals surface area contributed by atoms with Gasteiger partial charge in [-0.05, 0) is 53.0 Å². The zero-order valence-electron chi connectivity index (χ0n) is 25.0. The number of nitrogens with one attached hydrogen (secondary N) is 7. The van der Waals surface area contributed by atoms with Gasteiger partial charge in [0.05, 0.1) is 19.2 Å². The van der Waals surface area contributed by atoms with E-state index >= 15 is 0 Å². The van der Waals surface area contributed by atoms with Crippen LogP contribution >= 0.6 is 0 Å². The normalized spacial score (nSPS) is 17.4. The van der Waals surface area contributed by atoms with E-state index in [1.165, 1.54) is 20.8 Å². The maximum Gasteiger partial charge on any atom is 0.325 e. The Morgan fingerprint density at radius 1 is 0.841 bits per heavy atom. The number of hydrogen-bond donors (Lipinski definition) is 11. The molecule has 0 aromatic rings. The molecule has 0 spiro atoms. The van der Waals surface area contributed by atoms with E-state index in [4.69, 9.17) is 16.6 Å². The highest BCUT2D eigenvalue weighted by Gasteiger charge is 2.29. The summed E-state index contributed by atoms with van der Waals surface area (Å²) in [4.78, 5) is 89.6. The Bertz CT molecular complexity index is 1080. The third-order valence-electron chi connectivity index (χ3n) is 6.45. The maximum atomic E-state index is 12.8. The van der Waals surface area contributed by atoms with E-state index in [2.05, 4.69) is 42.2 Å². The summed E-state index contributed by atoms with van der Waals surface area (Å²) in [6.45, 7) is 3.47. The first-order valence-electron chi connectivity index (χ1n) is 14.1. The van der Waals surface area contributed by atoms with E-state index in [0.29, 0.717) is 13.0 Å². The molecule has 0 aromatic carbocycles. The fraction of sp³-hybridized carbons (Fsp3) is 0.680. The molecule has 1 saturated heterocycles. The molecule has 1 aliphatic rings. The summed E-state index contributed by atoms with van der Waals surface area (Å²) in [5, 5.41) is 35.6. The molecule has 0 saturated carbocycles. The Morgan fingerprint density at radius 2 is 1.45 bits per heavy atom. The summed E-state index contributed by atoms with van der Waals surface area (Å²) in [5.41, 5.74) is 10.6. The molecule has 13 N–H and O–H groups in total. The molecule has 1 heterocycles. The van der Waals surface area contributed by atoms with Gasteiger partial charge in [-0.2, -0.15) is 0 Å². The van der Waals surface area contributed by atoms with Crippen LogP contribution in [-0.4, -0.2) is 120 Å². The molecule has 0 bridgehead atoms. The van der Waals surface area contributed by atoms with Crippen LogP contribution in [0.15, 0.2) is 4.99 Å². The van der Waals surface area contributed by atoms with Gasteiger partial charge in [0, 0.05) is 6.54 Å². The average Bonchev–Trinajstić information content (AvgIpc) is 3.51. The fourth-order valence-electron chi connectivity index (χ4n) is 3.87. The van der Waals surface area contributed by atoms with Crippen LogP contribution in [0.25, 0.3) is 0 Å². The molecule has 248 valence electrons. The molecule has 6 amide bonds. The predicted molar refractivity (Wildman–Crippen MR) is 155 cm³/mol. The van der Waals surface area contributed by atoms with E-state index < -0.39 is 90.8 Å². The SMILES string of the molecule is C[C@H](NC(=O)[C@H](CCCN=C(N)N)NC(=O)[C@H](C)NC(=O)[C@H](C)NC(=O)CNC(=O)[C@H](CO)NC(=O)[C@@H]1CCCN1)C(=O)O. The lowest BCUT2D eigenvalue weighted by molar-refractivity contribution is -0.141. The quantitative estimate of drug-likeness (QED) is 0.0385. The van der Waals surface area contributed by atoms with Crippen LogP contribution in [0.3, 0.4) is 0 Å². The number of carbonyl (C=O) groups excluding carboxylic acids is 6. The second-order valence-corrected chi connectivity index (χ2v) is 10.2. The van der Waals surface area contributed by atoms with Gasteiger partial charge in [-0.3, -0.25) is 38.6 Å². The summed E-state index contributed by atoms with van der Waals surface area (Å²) in [5.74, 6) is -5.74. The third-order valence-corrected chi connectivity index (χ3v) is 6.45. The second-order valence-electron chi connectivity index (χ2n) is 10.2. The summed E-state index contributed by atoms with van der Waals surface area (Å²) >= 11 is 0. The van der Waals surface area contributed by atoms with E-state index in [9.17, 15) is 38.7 Å². The van der Waals surface area contributed by atoms with Crippen molar-refractivity contribution in [2.75, 3.05) is 26.2 Å². The van der Waals surface area contributed by atoms with Crippen molar-refractivity contribution in [3.8, 4) is 0 Å². The minimum absolute atomic E-state index is 0.0534.